The van der Waals surface area contributed by atoms with Gasteiger partial charge in [0, 0.05) is 5.69 Å². The summed E-state index contributed by atoms with van der Waals surface area (Å²) in [5.74, 6) is -0.0461. The third-order valence-corrected chi connectivity index (χ3v) is 4.01. The number of hydrogen-bond donors (Lipinski definition) is 2. The first kappa shape index (κ1) is 13.6. The number of aryl methyl sites for hydroxylation is 1. The summed E-state index contributed by atoms with van der Waals surface area (Å²) < 4.78 is 1.56. The number of benzene rings is 1. The second kappa shape index (κ2) is 5.55. The molecule has 1 heterocycles. The average Bonchev–Trinajstić information content (AvgIpc) is 3.00. The van der Waals surface area contributed by atoms with Crippen LogP contribution in [0.3, 0.4) is 0 Å². The number of carbonyl (C=O) groups is 1. The molecule has 110 valence electrons. The summed E-state index contributed by atoms with van der Waals surface area (Å²) in [6.07, 6.45) is 6.01. The van der Waals surface area contributed by atoms with Gasteiger partial charge in [-0.2, -0.15) is 5.10 Å². The van der Waals surface area contributed by atoms with Crippen molar-refractivity contribution in [2.24, 2.45) is 0 Å². The molecule has 0 aliphatic heterocycles. The summed E-state index contributed by atoms with van der Waals surface area (Å²) in [4.78, 5) is 16.2. The van der Waals surface area contributed by atoms with Crippen LogP contribution in [0.4, 0.5) is 5.69 Å². The van der Waals surface area contributed by atoms with Crippen LogP contribution in [0.2, 0.25) is 0 Å². The fraction of sp³-hybridized carbons (Fsp3) is 0.400. The molecule has 2 atom stereocenters. The van der Waals surface area contributed by atoms with Gasteiger partial charge >= 0.3 is 0 Å². The van der Waals surface area contributed by atoms with Crippen LogP contribution in [0.25, 0.3) is 0 Å². The SMILES string of the molecule is CC(C(=O)NC1CCCc2cc(N)ccc21)n1cncn1. The average molecular weight is 285 g/mol. The van der Waals surface area contributed by atoms with Gasteiger partial charge in [0.1, 0.15) is 18.7 Å². The Morgan fingerprint density at radius 1 is 1.52 bits per heavy atom. The van der Waals surface area contributed by atoms with Crippen molar-refractivity contribution in [2.75, 3.05) is 5.73 Å². The molecule has 1 aliphatic rings. The van der Waals surface area contributed by atoms with Crippen LogP contribution in [0.1, 0.15) is 43.0 Å². The molecule has 3 N–H and O–H groups in total. The number of aromatic nitrogens is 3. The van der Waals surface area contributed by atoms with Gasteiger partial charge in [0.2, 0.25) is 5.91 Å². The zero-order chi connectivity index (χ0) is 14.8. The molecule has 2 aromatic rings. The lowest BCUT2D eigenvalue weighted by Crippen LogP contribution is -2.35. The number of nitrogens with zero attached hydrogens (tertiary/aromatic N) is 3. The Hall–Kier alpha value is -2.37. The highest BCUT2D eigenvalue weighted by atomic mass is 16.2. The molecule has 6 nitrogen and oxygen atoms in total. The molecule has 0 bridgehead atoms. The number of nitrogen functional groups attached to an aromatic ring is 1. The molecule has 1 aromatic carbocycles. The van der Waals surface area contributed by atoms with Gasteiger partial charge in [-0.1, -0.05) is 6.07 Å². The standard InChI is InChI=1S/C15H19N5O/c1-10(20-9-17-8-18-20)15(21)19-14-4-2-3-11-7-12(16)5-6-13(11)14/h5-10,14H,2-4,16H2,1H3,(H,19,21). The summed E-state index contributed by atoms with van der Waals surface area (Å²) in [6, 6.07) is 5.60. The highest BCUT2D eigenvalue weighted by Crippen LogP contribution is 2.31. The van der Waals surface area contributed by atoms with E-state index in [-0.39, 0.29) is 18.0 Å². The molecule has 0 spiro atoms. The van der Waals surface area contributed by atoms with Gasteiger partial charge in [-0.05, 0) is 49.4 Å². The van der Waals surface area contributed by atoms with Crippen LogP contribution < -0.4 is 11.1 Å². The number of nitrogens with two attached hydrogens (primary N) is 1. The molecule has 3 rings (SSSR count). The Kier molecular flexibility index (Phi) is 3.60. The van der Waals surface area contributed by atoms with Gasteiger partial charge in [0.05, 0.1) is 6.04 Å². The van der Waals surface area contributed by atoms with Crippen molar-refractivity contribution in [3.8, 4) is 0 Å². The van der Waals surface area contributed by atoms with Crippen molar-refractivity contribution in [3.63, 3.8) is 0 Å². The predicted octanol–water partition coefficient (Wildman–Crippen LogP) is 1.62. The zero-order valence-corrected chi connectivity index (χ0v) is 12.0. The molecule has 0 fully saturated rings. The second-order valence-corrected chi connectivity index (χ2v) is 5.46. The molecule has 0 saturated carbocycles. The van der Waals surface area contributed by atoms with Gasteiger partial charge in [-0.15, -0.1) is 0 Å². The number of amides is 1. The molecule has 1 amide bonds. The van der Waals surface area contributed by atoms with Gasteiger partial charge in [-0.3, -0.25) is 4.79 Å². The number of fused-ring (bicyclic) bond motifs is 1. The van der Waals surface area contributed by atoms with Crippen molar-refractivity contribution in [3.05, 3.63) is 42.0 Å². The first-order valence-corrected chi connectivity index (χ1v) is 7.18. The van der Waals surface area contributed by atoms with Crippen LogP contribution in [0.5, 0.6) is 0 Å². The largest absolute Gasteiger partial charge is 0.399 e. The topological polar surface area (TPSA) is 85.8 Å². The van der Waals surface area contributed by atoms with Crippen LogP contribution in [-0.4, -0.2) is 20.7 Å². The van der Waals surface area contributed by atoms with Gasteiger partial charge in [0.25, 0.3) is 0 Å². The zero-order valence-electron chi connectivity index (χ0n) is 12.0. The Morgan fingerprint density at radius 3 is 3.14 bits per heavy atom. The van der Waals surface area contributed by atoms with Crippen molar-refractivity contribution < 1.29 is 4.79 Å². The third kappa shape index (κ3) is 2.74. The molecular weight excluding hydrogens is 266 g/mol. The van der Waals surface area contributed by atoms with Crippen LogP contribution in [-0.2, 0) is 11.2 Å². The summed E-state index contributed by atoms with van der Waals surface area (Å²) in [6.45, 7) is 1.82. The minimum Gasteiger partial charge on any atom is -0.399 e. The van der Waals surface area contributed by atoms with Crippen LogP contribution in [0, 0.1) is 0 Å². The second-order valence-electron chi connectivity index (χ2n) is 5.46. The molecule has 21 heavy (non-hydrogen) atoms. The molecule has 6 heteroatoms. The van der Waals surface area contributed by atoms with Crippen molar-refractivity contribution in [2.45, 2.75) is 38.3 Å². The lowest BCUT2D eigenvalue weighted by molar-refractivity contribution is -0.125. The molecule has 0 saturated heterocycles. The Labute approximate surface area is 123 Å². The van der Waals surface area contributed by atoms with E-state index in [0.717, 1.165) is 24.9 Å². The number of rotatable bonds is 3. The minimum atomic E-state index is -0.369. The third-order valence-electron chi connectivity index (χ3n) is 4.01. The van der Waals surface area contributed by atoms with E-state index in [1.54, 1.807) is 11.0 Å². The van der Waals surface area contributed by atoms with Crippen molar-refractivity contribution in [1.82, 2.24) is 20.1 Å². The lowest BCUT2D eigenvalue weighted by Gasteiger charge is -2.27. The fourth-order valence-corrected chi connectivity index (χ4v) is 2.81. The smallest absolute Gasteiger partial charge is 0.245 e. The summed E-state index contributed by atoms with van der Waals surface area (Å²) in [5, 5.41) is 7.13. The van der Waals surface area contributed by atoms with Gasteiger partial charge in [0.15, 0.2) is 0 Å². The lowest BCUT2D eigenvalue weighted by atomic mass is 9.87. The maximum atomic E-state index is 12.4. The summed E-state index contributed by atoms with van der Waals surface area (Å²) >= 11 is 0. The van der Waals surface area contributed by atoms with E-state index in [1.165, 1.54) is 17.5 Å². The fourth-order valence-electron chi connectivity index (χ4n) is 2.81. The molecular formula is C15H19N5O. The summed E-state index contributed by atoms with van der Waals surface area (Å²) in [5.41, 5.74) is 9.02. The molecule has 0 radical (unpaired) electrons. The van der Waals surface area contributed by atoms with E-state index in [1.807, 2.05) is 25.1 Å². The maximum Gasteiger partial charge on any atom is 0.245 e. The first-order chi connectivity index (χ1) is 10.1. The van der Waals surface area contributed by atoms with Gasteiger partial charge in [-0.25, -0.2) is 9.67 Å². The van der Waals surface area contributed by atoms with Crippen molar-refractivity contribution in [1.29, 1.82) is 0 Å². The van der Waals surface area contributed by atoms with Gasteiger partial charge < -0.3 is 11.1 Å². The summed E-state index contributed by atoms with van der Waals surface area (Å²) in [7, 11) is 0. The number of hydrogen-bond acceptors (Lipinski definition) is 4. The number of carbonyl (C=O) groups excluding carboxylic acids is 1. The van der Waals surface area contributed by atoms with E-state index >= 15 is 0 Å². The Morgan fingerprint density at radius 2 is 2.38 bits per heavy atom. The van der Waals surface area contributed by atoms with E-state index in [4.69, 9.17) is 5.73 Å². The quantitative estimate of drug-likeness (QED) is 0.839. The molecule has 1 aromatic heterocycles. The van der Waals surface area contributed by atoms with E-state index < -0.39 is 0 Å². The number of anilines is 1. The predicted molar refractivity (Wildman–Crippen MR) is 79.4 cm³/mol. The van der Waals surface area contributed by atoms with E-state index in [0.29, 0.717) is 0 Å². The van der Waals surface area contributed by atoms with Crippen LogP contribution >= 0.6 is 0 Å². The Balaban J connectivity index is 1.76. The highest BCUT2D eigenvalue weighted by molar-refractivity contribution is 5.80. The maximum absolute atomic E-state index is 12.4. The number of nitrogens with one attached hydrogen (secondary N) is 1. The van der Waals surface area contributed by atoms with E-state index in [9.17, 15) is 4.79 Å². The monoisotopic (exact) mass is 285 g/mol. The highest BCUT2D eigenvalue weighted by Gasteiger charge is 2.24. The minimum absolute atomic E-state index is 0.0461. The Bertz CT molecular complexity index is 638. The van der Waals surface area contributed by atoms with Crippen LogP contribution in [0.15, 0.2) is 30.9 Å². The molecule has 1 aliphatic carbocycles. The van der Waals surface area contributed by atoms with Crippen molar-refractivity contribution >= 4 is 11.6 Å². The first-order valence-electron chi connectivity index (χ1n) is 7.18. The molecule has 2 unspecified atom stereocenters. The normalized spacial score (nSPS) is 18.8. The van der Waals surface area contributed by atoms with E-state index in [2.05, 4.69) is 15.4 Å².